The minimum absolute atomic E-state index is 0.00203. The molecule has 31 heavy (non-hydrogen) atoms. The average Bonchev–Trinajstić information content (AvgIpc) is 2.72. The Hall–Kier alpha value is -4.06. The van der Waals surface area contributed by atoms with Gasteiger partial charge in [0.15, 0.2) is 11.2 Å². The summed E-state index contributed by atoms with van der Waals surface area (Å²) < 4.78 is 0. The van der Waals surface area contributed by atoms with Crippen molar-refractivity contribution in [2.45, 2.75) is 32.0 Å². The number of anilines is 2. The first-order valence-electron chi connectivity index (χ1n) is 9.34. The zero-order valence-corrected chi connectivity index (χ0v) is 16.3. The molecule has 0 aliphatic heterocycles. The molecule has 0 amide bonds. The number of carbonyl (C=O) groups is 2. The van der Waals surface area contributed by atoms with E-state index in [0.29, 0.717) is 12.2 Å². The van der Waals surface area contributed by atoms with E-state index in [2.05, 4.69) is 30.6 Å². The first-order valence-corrected chi connectivity index (χ1v) is 9.34. The minimum Gasteiger partial charge on any atom is -0.481 e. The van der Waals surface area contributed by atoms with Crippen LogP contribution in [0, 0.1) is 0 Å². The van der Waals surface area contributed by atoms with Gasteiger partial charge in [0, 0.05) is 18.7 Å². The van der Waals surface area contributed by atoms with Gasteiger partial charge >= 0.3 is 11.9 Å². The Labute approximate surface area is 175 Å². The number of nitrogens with zero attached hydrogens (tertiary/aromatic N) is 3. The van der Waals surface area contributed by atoms with Gasteiger partial charge in [0.1, 0.15) is 6.04 Å². The van der Waals surface area contributed by atoms with Gasteiger partial charge in [-0.05, 0) is 24.1 Å². The maximum atomic E-state index is 11.9. The summed E-state index contributed by atoms with van der Waals surface area (Å²) in [5, 5.41) is 23.9. The van der Waals surface area contributed by atoms with Crippen LogP contribution in [0.2, 0.25) is 0 Å². The Morgan fingerprint density at radius 1 is 1.13 bits per heavy atom. The molecule has 0 aliphatic rings. The van der Waals surface area contributed by atoms with E-state index in [1.54, 1.807) is 0 Å². The summed E-state index contributed by atoms with van der Waals surface area (Å²) in [7, 11) is 0. The smallest absolute Gasteiger partial charge is 0.320 e. The highest BCUT2D eigenvalue weighted by atomic mass is 16.4. The number of aliphatic carboxylic acids is 2. The van der Waals surface area contributed by atoms with E-state index in [4.69, 9.17) is 10.8 Å². The Morgan fingerprint density at radius 2 is 1.87 bits per heavy atom. The topological polar surface area (TPSA) is 196 Å². The van der Waals surface area contributed by atoms with Gasteiger partial charge in [-0.3, -0.25) is 19.4 Å². The van der Waals surface area contributed by atoms with Crippen molar-refractivity contribution >= 4 is 34.7 Å². The summed E-state index contributed by atoms with van der Waals surface area (Å²) in [6, 6.07) is 6.32. The van der Waals surface area contributed by atoms with Crippen molar-refractivity contribution < 1.29 is 19.8 Å². The average molecular weight is 427 g/mol. The van der Waals surface area contributed by atoms with Crippen molar-refractivity contribution in [3.8, 4) is 0 Å². The van der Waals surface area contributed by atoms with Gasteiger partial charge in [-0.25, -0.2) is 9.97 Å². The maximum Gasteiger partial charge on any atom is 0.320 e. The van der Waals surface area contributed by atoms with Crippen LogP contribution in [0.3, 0.4) is 0 Å². The van der Waals surface area contributed by atoms with Gasteiger partial charge in [-0.15, -0.1) is 0 Å². The molecule has 7 N–H and O–H groups in total. The number of nitrogens with one attached hydrogen (secondary N) is 3. The van der Waals surface area contributed by atoms with E-state index < -0.39 is 23.5 Å². The molecule has 0 spiro atoms. The molecule has 12 heteroatoms. The van der Waals surface area contributed by atoms with Crippen LogP contribution >= 0.6 is 0 Å². The van der Waals surface area contributed by atoms with E-state index in [0.717, 1.165) is 11.3 Å². The number of benzene rings is 1. The summed E-state index contributed by atoms with van der Waals surface area (Å²) >= 11 is 0. The fourth-order valence-corrected chi connectivity index (χ4v) is 2.81. The highest BCUT2D eigenvalue weighted by molar-refractivity contribution is 5.75. The number of H-pyrrole nitrogens is 1. The van der Waals surface area contributed by atoms with Crippen molar-refractivity contribution in [2.24, 2.45) is 0 Å². The molecule has 1 aromatic carbocycles. The fourth-order valence-electron chi connectivity index (χ4n) is 2.81. The van der Waals surface area contributed by atoms with E-state index in [-0.39, 0.29) is 36.5 Å². The van der Waals surface area contributed by atoms with Crippen molar-refractivity contribution in [1.29, 1.82) is 0 Å². The second-order valence-electron chi connectivity index (χ2n) is 6.74. The summed E-state index contributed by atoms with van der Waals surface area (Å²) in [5.74, 6) is -2.15. The third-order valence-corrected chi connectivity index (χ3v) is 4.41. The summed E-state index contributed by atoms with van der Waals surface area (Å²) in [5.41, 5.74) is 7.47. The predicted molar refractivity (Wildman–Crippen MR) is 111 cm³/mol. The highest BCUT2D eigenvalue weighted by Gasteiger charge is 2.17. The molecule has 0 fully saturated rings. The van der Waals surface area contributed by atoms with E-state index >= 15 is 0 Å². The highest BCUT2D eigenvalue weighted by Crippen LogP contribution is 2.12. The van der Waals surface area contributed by atoms with Crippen molar-refractivity contribution in [1.82, 2.24) is 25.3 Å². The van der Waals surface area contributed by atoms with Crippen LogP contribution in [0.25, 0.3) is 11.2 Å². The van der Waals surface area contributed by atoms with E-state index in [1.165, 1.54) is 6.20 Å². The van der Waals surface area contributed by atoms with Crippen LogP contribution in [0.4, 0.5) is 11.6 Å². The number of hydrogen-bond donors (Lipinski definition) is 6. The lowest BCUT2D eigenvalue weighted by atomic mass is 10.1. The Bertz CT molecular complexity index is 1150. The quantitative estimate of drug-likeness (QED) is 0.260. The number of nitrogens with two attached hydrogens (primary N) is 1. The normalized spacial score (nSPS) is 11.9. The lowest BCUT2D eigenvalue weighted by Crippen LogP contribution is -2.36. The van der Waals surface area contributed by atoms with Gasteiger partial charge in [0.25, 0.3) is 5.56 Å². The van der Waals surface area contributed by atoms with Crippen molar-refractivity contribution in [3.63, 3.8) is 0 Å². The fraction of sp³-hybridized carbons (Fsp3) is 0.263. The molecule has 0 saturated carbocycles. The van der Waals surface area contributed by atoms with E-state index in [1.807, 2.05) is 24.3 Å². The van der Waals surface area contributed by atoms with Gasteiger partial charge in [-0.1, -0.05) is 12.1 Å². The molecule has 0 aliphatic carbocycles. The minimum atomic E-state index is -1.09. The molecule has 1 atom stereocenters. The molecule has 3 rings (SSSR count). The summed E-state index contributed by atoms with van der Waals surface area (Å²) in [6.07, 6.45) is 1.28. The first kappa shape index (κ1) is 21.6. The molecule has 0 unspecified atom stereocenters. The third-order valence-electron chi connectivity index (χ3n) is 4.41. The second kappa shape index (κ2) is 9.63. The van der Waals surface area contributed by atoms with Gasteiger partial charge in [0.05, 0.1) is 18.4 Å². The Morgan fingerprint density at radius 3 is 2.55 bits per heavy atom. The summed E-state index contributed by atoms with van der Waals surface area (Å²) in [4.78, 5) is 48.4. The van der Waals surface area contributed by atoms with Gasteiger partial charge in [0.2, 0.25) is 5.95 Å². The lowest BCUT2D eigenvalue weighted by molar-refractivity contribution is -0.140. The van der Waals surface area contributed by atoms with E-state index in [9.17, 15) is 19.5 Å². The molecule has 0 saturated heterocycles. The molecule has 2 aromatic heterocycles. The molecule has 0 radical (unpaired) electrons. The van der Waals surface area contributed by atoms with Gasteiger partial charge < -0.3 is 26.6 Å². The summed E-state index contributed by atoms with van der Waals surface area (Å²) in [6.45, 7) is 0.604. The largest absolute Gasteiger partial charge is 0.481 e. The standard InChI is InChI=1S/C19H21N7O5/c20-19-25-16-15(17(29)26-19)24-12(9-23-16)8-21-11-3-1-10(2-4-11)7-22-13(18(30)31)5-6-14(27)28/h1-4,9,13,21-22H,5-8H2,(H,27,28)(H,30,31)(H3,20,23,25,26,29)/t13-/m0/s1. The number of aromatic amines is 1. The molecule has 3 aromatic rings. The van der Waals surface area contributed by atoms with Gasteiger partial charge in [-0.2, -0.15) is 4.98 Å². The maximum absolute atomic E-state index is 11.9. The van der Waals surface area contributed by atoms with Crippen LogP contribution in [-0.4, -0.2) is 48.1 Å². The molecule has 162 valence electrons. The second-order valence-corrected chi connectivity index (χ2v) is 6.74. The monoisotopic (exact) mass is 427 g/mol. The zero-order chi connectivity index (χ0) is 22.4. The number of carboxylic acids is 2. The number of aromatic nitrogens is 4. The number of fused-ring (bicyclic) bond motifs is 1. The number of carboxylic acid groups (broad SMARTS) is 2. The lowest BCUT2D eigenvalue weighted by Gasteiger charge is -2.14. The SMILES string of the molecule is Nc1nc2ncc(CNc3ccc(CN[C@@H](CCC(=O)O)C(=O)O)cc3)nc2c(=O)[nH]1. The van der Waals surface area contributed by atoms with Crippen LogP contribution < -0.4 is 21.9 Å². The van der Waals surface area contributed by atoms with Crippen LogP contribution in [0.15, 0.2) is 35.3 Å². The van der Waals surface area contributed by atoms with Crippen LogP contribution in [0.1, 0.15) is 24.1 Å². The first-order chi connectivity index (χ1) is 14.8. The van der Waals surface area contributed by atoms with Crippen molar-refractivity contribution in [3.05, 3.63) is 52.1 Å². The number of rotatable bonds is 10. The molecular weight excluding hydrogens is 406 g/mol. The van der Waals surface area contributed by atoms with Crippen molar-refractivity contribution in [2.75, 3.05) is 11.1 Å². The van der Waals surface area contributed by atoms with Crippen LogP contribution in [0.5, 0.6) is 0 Å². The zero-order valence-electron chi connectivity index (χ0n) is 16.3. The Kier molecular flexibility index (Phi) is 6.72. The predicted octanol–water partition coefficient (Wildman–Crippen LogP) is 0.315. The third kappa shape index (κ3) is 5.96. The molecule has 12 nitrogen and oxygen atoms in total. The Balaban J connectivity index is 1.57. The molecule has 2 heterocycles. The van der Waals surface area contributed by atoms with Crippen LogP contribution in [-0.2, 0) is 22.7 Å². The number of hydrogen-bond acceptors (Lipinski definition) is 9. The molecular formula is C19H21N7O5. The number of nitrogen functional groups attached to an aromatic ring is 1. The molecule has 0 bridgehead atoms.